The number of hydrogen-bond donors (Lipinski definition) is 0. The molecule has 0 spiro atoms. The van der Waals surface area contributed by atoms with Gasteiger partial charge < -0.3 is 23.4 Å². The molecule has 174 valence electrons. The van der Waals surface area contributed by atoms with E-state index in [1.807, 2.05) is 37.3 Å². The third-order valence-corrected chi connectivity index (χ3v) is 5.41. The van der Waals surface area contributed by atoms with Crippen LogP contribution in [0.2, 0.25) is 0 Å². The summed E-state index contributed by atoms with van der Waals surface area (Å²) in [5.41, 5.74) is 2.63. The number of esters is 1. The zero-order valence-corrected chi connectivity index (χ0v) is 19.1. The van der Waals surface area contributed by atoms with Crippen LogP contribution in [-0.2, 0) is 16.1 Å². The van der Waals surface area contributed by atoms with Gasteiger partial charge in [0, 0.05) is 5.39 Å². The number of aryl methyl sites for hydroxylation is 1. The van der Waals surface area contributed by atoms with Gasteiger partial charge in [0.15, 0.2) is 18.1 Å². The molecule has 0 amide bonds. The first kappa shape index (κ1) is 22.9. The maximum absolute atomic E-state index is 12.8. The summed E-state index contributed by atoms with van der Waals surface area (Å²) in [6, 6.07) is 19.7. The van der Waals surface area contributed by atoms with Gasteiger partial charge in [-0.15, -0.1) is 0 Å². The molecule has 1 aromatic heterocycles. The maximum atomic E-state index is 12.8. The van der Waals surface area contributed by atoms with Crippen molar-refractivity contribution < 1.29 is 28.2 Å². The highest BCUT2D eigenvalue weighted by molar-refractivity contribution is 5.88. The van der Waals surface area contributed by atoms with Crippen molar-refractivity contribution in [1.82, 2.24) is 0 Å². The average Bonchev–Trinajstić information content (AvgIpc) is 2.87. The molecular weight excluding hydrogens is 436 g/mol. The van der Waals surface area contributed by atoms with Crippen molar-refractivity contribution in [1.29, 1.82) is 0 Å². The van der Waals surface area contributed by atoms with Crippen LogP contribution in [0.25, 0.3) is 22.1 Å². The van der Waals surface area contributed by atoms with Gasteiger partial charge in [-0.3, -0.25) is 0 Å². The van der Waals surface area contributed by atoms with E-state index in [2.05, 4.69) is 0 Å². The molecule has 0 saturated carbocycles. The Bertz CT molecular complexity index is 1370. The number of benzene rings is 3. The molecule has 0 aliphatic carbocycles. The lowest BCUT2D eigenvalue weighted by Crippen LogP contribution is -2.14. The van der Waals surface area contributed by atoms with E-state index in [9.17, 15) is 9.59 Å². The average molecular weight is 460 g/mol. The number of rotatable bonds is 8. The van der Waals surface area contributed by atoms with Gasteiger partial charge in [0.05, 0.1) is 19.8 Å². The van der Waals surface area contributed by atoms with Crippen molar-refractivity contribution in [3.63, 3.8) is 0 Å². The van der Waals surface area contributed by atoms with Gasteiger partial charge in [0.2, 0.25) is 0 Å². The molecule has 0 unspecified atom stereocenters. The predicted octanol–water partition coefficient (Wildman–Crippen LogP) is 4.91. The Kier molecular flexibility index (Phi) is 6.82. The van der Waals surface area contributed by atoms with E-state index in [1.54, 1.807) is 43.5 Å². The Labute approximate surface area is 196 Å². The second-order valence-electron chi connectivity index (χ2n) is 7.55. The van der Waals surface area contributed by atoms with Crippen LogP contribution in [0.1, 0.15) is 11.1 Å². The number of hydrogen-bond acceptors (Lipinski definition) is 7. The molecule has 0 fully saturated rings. The fourth-order valence-corrected chi connectivity index (χ4v) is 3.67. The largest absolute Gasteiger partial charge is 0.493 e. The van der Waals surface area contributed by atoms with Crippen LogP contribution < -0.4 is 19.8 Å². The van der Waals surface area contributed by atoms with Crippen LogP contribution in [-0.4, -0.2) is 26.8 Å². The molecule has 34 heavy (non-hydrogen) atoms. The zero-order chi connectivity index (χ0) is 24.1. The molecule has 0 atom stereocenters. The smallest absolute Gasteiger partial charge is 0.344 e. The van der Waals surface area contributed by atoms with Crippen molar-refractivity contribution >= 4 is 16.9 Å². The van der Waals surface area contributed by atoms with Crippen molar-refractivity contribution in [3.8, 4) is 28.4 Å². The first-order valence-corrected chi connectivity index (χ1v) is 10.6. The second-order valence-corrected chi connectivity index (χ2v) is 7.55. The summed E-state index contributed by atoms with van der Waals surface area (Å²) in [5.74, 6) is 1.04. The van der Waals surface area contributed by atoms with Gasteiger partial charge in [0.1, 0.15) is 17.9 Å². The Morgan fingerprint density at radius 2 is 1.68 bits per heavy atom. The number of carbonyl (C=O) groups excluding carboxylic acids is 1. The van der Waals surface area contributed by atoms with Gasteiger partial charge in [-0.2, -0.15) is 0 Å². The Morgan fingerprint density at radius 1 is 0.912 bits per heavy atom. The van der Waals surface area contributed by atoms with E-state index >= 15 is 0 Å². The summed E-state index contributed by atoms with van der Waals surface area (Å²) in [6.45, 7) is 1.78. The van der Waals surface area contributed by atoms with E-state index in [0.29, 0.717) is 39.3 Å². The first-order valence-electron chi connectivity index (χ1n) is 10.6. The summed E-state index contributed by atoms with van der Waals surface area (Å²) in [4.78, 5) is 24.9. The normalized spacial score (nSPS) is 10.7. The molecule has 0 N–H and O–H groups in total. The van der Waals surface area contributed by atoms with E-state index in [-0.39, 0.29) is 13.2 Å². The minimum atomic E-state index is -0.480. The lowest BCUT2D eigenvalue weighted by molar-refractivity contribution is -0.147. The highest BCUT2D eigenvalue weighted by atomic mass is 16.6. The summed E-state index contributed by atoms with van der Waals surface area (Å²) in [7, 11) is 3.08. The van der Waals surface area contributed by atoms with Crippen LogP contribution in [0.5, 0.6) is 17.2 Å². The fraction of sp³-hybridized carbons (Fsp3) is 0.185. The molecule has 3 aromatic carbocycles. The molecule has 4 aromatic rings. The van der Waals surface area contributed by atoms with Gasteiger partial charge >= 0.3 is 11.6 Å². The quantitative estimate of drug-likeness (QED) is 0.273. The molecule has 0 saturated heterocycles. The standard InChI is InChI=1S/C27H24O7/c1-17-21-14-20(32-16-25(28)33-15-18-7-5-4-6-8-18)10-12-22(21)34-27(29)26(17)19-9-11-23(30-2)24(13-19)31-3/h4-14H,15-16H2,1-3H3. The fourth-order valence-electron chi connectivity index (χ4n) is 3.67. The minimum Gasteiger partial charge on any atom is -0.493 e. The second kappa shape index (κ2) is 10.1. The molecule has 4 rings (SSSR count). The van der Waals surface area contributed by atoms with Crippen molar-refractivity contribution in [2.24, 2.45) is 0 Å². The van der Waals surface area contributed by atoms with E-state index in [1.165, 1.54) is 7.11 Å². The number of fused-ring (bicyclic) bond motifs is 1. The van der Waals surface area contributed by atoms with Gasteiger partial charge in [-0.05, 0) is 53.9 Å². The van der Waals surface area contributed by atoms with E-state index < -0.39 is 11.6 Å². The summed E-state index contributed by atoms with van der Waals surface area (Å²) in [5, 5.41) is 0.694. The van der Waals surface area contributed by atoms with Gasteiger partial charge in [0.25, 0.3) is 0 Å². The van der Waals surface area contributed by atoms with Crippen molar-refractivity contribution in [2.75, 3.05) is 20.8 Å². The monoisotopic (exact) mass is 460 g/mol. The maximum Gasteiger partial charge on any atom is 0.344 e. The lowest BCUT2D eigenvalue weighted by atomic mass is 9.99. The van der Waals surface area contributed by atoms with E-state index in [4.69, 9.17) is 23.4 Å². The third-order valence-electron chi connectivity index (χ3n) is 5.41. The van der Waals surface area contributed by atoms with Crippen LogP contribution >= 0.6 is 0 Å². The van der Waals surface area contributed by atoms with Crippen LogP contribution in [0, 0.1) is 6.92 Å². The summed E-state index contributed by atoms with van der Waals surface area (Å²) in [6.07, 6.45) is 0. The van der Waals surface area contributed by atoms with E-state index in [0.717, 1.165) is 11.1 Å². The Hall–Kier alpha value is -4.26. The topological polar surface area (TPSA) is 84.2 Å². The molecule has 7 nitrogen and oxygen atoms in total. The summed E-state index contributed by atoms with van der Waals surface area (Å²) < 4.78 is 27.1. The molecule has 0 aliphatic heterocycles. The third kappa shape index (κ3) is 4.88. The Balaban J connectivity index is 1.56. The number of methoxy groups -OCH3 is 2. The molecular formula is C27H24O7. The first-order chi connectivity index (χ1) is 16.5. The molecule has 0 radical (unpaired) electrons. The van der Waals surface area contributed by atoms with Crippen LogP contribution in [0.3, 0.4) is 0 Å². The van der Waals surface area contributed by atoms with Crippen LogP contribution in [0.4, 0.5) is 0 Å². The van der Waals surface area contributed by atoms with Crippen molar-refractivity contribution in [3.05, 3.63) is 88.3 Å². The molecule has 7 heteroatoms. The molecule has 0 bridgehead atoms. The summed E-state index contributed by atoms with van der Waals surface area (Å²) >= 11 is 0. The minimum absolute atomic E-state index is 0.180. The van der Waals surface area contributed by atoms with Gasteiger partial charge in [-0.1, -0.05) is 36.4 Å². The zero-order valence-electron chi connectivity index (χ0n) is 19.1. The number of ether oxygens (including phenoxy) is 4. The SMILES string of the molecule is COc1ccc(-c2c(C)c3cc(OCC(=O)OCc4ccccc4)ccc3oc2=O)cc1OC. The molecule has 0 aliphatic rings. The Morgan fingerprint density at radius 3 is 2.41 bits per heavy atom. The van der Waals surface area contributed by atoms with Crippen molar-refractivity contribution in [2.45, 2.75) is 13.5 Å². The predicted molar refractivity (Wildman–Crippen MR) is 127 cm³/mol. The highest BCUT2D eigenvalue weighted by Gasteiger charge is 2.16. The van der Waals surface area contributed by atoms with Crippen LogP contribution in [0.15, 0.2) is 75.9 Å². The molecule has 1 heterocycles. The highest BCUT2D eigenvalue weighted by Crippen LogP contribution is 2.34. The lowest BCUT2D eigenvalue weighted by Gasteiger charge is -2.12. The van der Waals surface area contributed by atoms with Gasteiger partial charge in [-0.25, -0.2) is 9.59 Å². The number of carbonyl (C=O) groups is 1.